The van der Waals surface area contributed by atoms with Crippen molar-refractivity contribution in [3.63, 3.8) is 0 Å². The second-order valence-electron chi connectivity index (χ2n) is 2.16. The fourth-order valence-corrected chi connectivity index (χ4v) is 1.10. The molecule has 3 N–H and O–H groups in total. The Kier molecular flexibility index (Phi) is 3.44. The molecule has 0 spiro atoms. The van der Waals surface area contributed by atoms with Gasteiger partial charge in [0.05, 0.1) is 11.0 Å². The molecule has 0 aliphatic carbocycles. The van der Waals surface area contributed by atoms with Gasteiger partial charge in [-0.3, -0.25) is 4.79 Å². The highest BCUT2D eigenvalue weighted by atomic mass is 79.9. The highest BCUT2D eigenvalue weighted by Gasteiger charge is 2.03. The number of carbonyl (C=O) groups excluding carboxylic acids is 1. The van der Waals surface area contributed by atoms with E-state index in [1.807, 2.05) is 0 Å². The molecule has 0 saturated carbocycles. The predicted octanol–water partition coefficient (Wildman–Crippen LogP) is 0.790. The zero-order valence-electron chi connectivity index (χ0n) is 6.42. The molecule has 0 radical (unpaired) electrons. The van der Waals surface area contributed by atoms with E-state index in [4.69, 9.17) is 17.3 Å². The summed E-state index contributed by atoms with van der Waals surface area (Å²) < 4.78 is 0.623. The summed E-state index contributed by atoms with van der Waals surface area (Å²) in [5.74, 6) is -0.0274. The maximum atomic E-state index is 10.4. The van der Waals surface area contributed by atoms with Crippen LogP contribution in [0.5, 0.6) is 0 Å². The molecule has 0 unspecified atom stereocenters. The molecule has 70 valence electrons. The zero-order chi connectivity index (χ0) is 9.84. The first kappa shape index (κ1) is 10.2. The van der Waals surface area contributed by atoms with Crippen LogP contribution in [-0.2, 0) is 4.79 Å². The summed E-state index contributed by atoms with van der Waals surface area (Å²) in [7, 11) is 0. The maximum absolute atomic E-state index is 10.4. The van der Waals surface area contributed by atoms with Crippen molar-refractivity contribution in [2.75, 3.05) is 11.9 Å². The summed E-state index contributed by atoms with van der Waals surface area (Å²) in [4.78, 5) is 18.0. The molecule has 13 heavy (non-hydrogen) atoms. The quantitative estimate of drug-likeness (QED) is 0.792. The molecule has 0 saturated heterocycles. The Morgan fingerprint density at radius 2 is 2.46 bits per heavy atom. The number of rotatable bonds is 3. The summed E-state index contributed by atoms with van der Waals surface area (Å²) >= 11 is 8.72. The van der Waals surface area contributed by atoms with Crippen molar-refractivity contribution in [2.45, 2.75) is 0 Å². The fourth-order valence-electron chi connectivity index (χ4n) is 0.640. The van der Waals surface area contributed by atoms with Gasteiger partial charge in [-0.15, -0.1) is 0 Å². The second-order valence-corrected chi connectivity index (χ2v) is 3.35. The van der Waals surface area contributed by atoms with Gasteiger partial charge in [-0.2, -0.15) is 4.98 Å². The van der Waals surface area contributed by atoms with Crippen molar-refractivity contribution < 1.29 is 4.79 Å². The van der Waals surface area contributed by atoms with Crippen LogP contribution in [0.15, 0.2) is 10.7 Å². The van der Waals surface area contributed by atoms with Gasteiger partial charge in [0.15, 0.2) is 0 Å². The van der Waals surface area contributed by atoms with Crippen LogP contribution in [-0.4, -0.2) is 22.4 Å². The number of nitrogens with zero attached hydrogens (tertiary/aromatic N) is 2. The van der Waals surface area contributed by atoms with Gasteiger partial charge in [0, 0.05) is 6.20 Å². The number of anilines is 1. The number of primary amides is 1. The molecule has 0 aliphatic rings. The summed E-state index contributed by atoms with van der Waals surface area (Å²) in [5.41, 5.74) is 4.94. The number of hydrogen-bond donors (Lipinski definition) is 2. The Morgan fingerprint density at radius 1 is 1.77 bits per heavy atom. The minimum Gasteiger partial charge on any atom is -0.368 e. The van der Waals surface area contributed by atoms with Gasteiger partial charge in [-0.25, -0.2) is 4.98 Å². The first-order valence-electron chi connectivity index (χ1n) is 3.30. The Labute approximate surface area is 87.8 Å². The molecule has 1 heterocycles. The van der Waals surface area contributed by atoms with E-state index < -0.39 is 5.91 Å². The average Bonchev–Trinajstić information content (AvgIpc) is 2.06. The lowest BCUT2D eigenvalue weighted by atomic mass is 10.5. The van der Waals surface area contributed by atoms with Gasteiger partial charge in [0.2, 0.25) is 11.2 Å². The number of amides is 1. The lowest BCUT2D eigenvalue weighted by Gasteiger charge is -2.04. The van der Waals surface area contributed by atoms with Crippen molar-refractivity contribution >= 4 is 39.3 Å². The first-order valence-corrected chi connectivity index (χ1v) is 4.47. The van der Waals surface area contributed by atoms with E-state index in [9.17, 15) is 4.79 Å². The van der Waals surface area contributed by atoms with Crippen LogP contribution in [0.4, 0.5) is 5.82 Å². The summed E-state index contributed by atoms with van der Waals surface area (Å²) in [6, 6.07) is 0. The molecule has 0 aromatic carbocycles. The molecule has 1 rings (SSSR count). The number of nitrogens with one attached hydrogen (secondary N) is 1. The van der Waals surface area contributed by atoms with Crippen LogP contribution in [0.1, 0.15) is 0 Å². The van der Waals surface area contributed by atoms with Crippen LogP contribution in [0, 0.1) is 0 Å². The van der Waals surface area contributed by atoms with Crippen molar-refractivity contribution in [3.05, 3.63) is 16.0 Å². The third-order valence-corrected chi connectivity index (χ3v) is 1.91. The molecule has 0 fully saturated rings. The Morgan fingerprint density at radius 3 is 3.08 bits per heavy atom. The lowest BCUT2D eigenvalue weighted by molar-refractivity contribution is -0.116. The maximum Gasteiger partial charge on any atom is 0.236 e. The number of halogens is 2. The van der Waals surface area contributed by atoms with Crippen molar-refractivity contribution in [1.29, 1.82) is 0 Å². The van der Waals surface area contributed by atoms with E-state index >= 15 is 0 Å². The van der Waals surface area contributed by atoms with Gasteiger partial charge in [-0.05, 0) is 27.5 Å². The average molecular weight is 265 g/mol. The standard InChI is InChI=1S/C6H6BrClN4O/c7-3-1-11-6(8)12-5(3)10-2-4(9)13/h1H,2H2,(H2,9,13)(H,10,11,12). The van der Waals surface area contributed by atoms with E-state index in [0.717, 1.165) is 0 Å². The smallest absolute Gasteiger partial charge is 0.236 e. The summed E-state index contributed by atoms with van der Waals surface area (Å²) in [5, 5.41) is 2.80. The Bertz CT molecular complexity index is 332. The number of aromatic nitrogens is 2. The molecule has 0 aliphatic heterocycles. The normalized spacial score (nSPS) is 9.69. The molecular formula is C6H6BrClN4O. The topological polar surface area (TPSA) is 80.9 Å². The van der Waals surface area contributed by atoms with Crippen LogP contribution >= 0.6 is 27.5 Å². The zero-order valence-corrected chi connectivity index (χ0v) is 8.76. The number of nitrogens with two attached hydrogens (primary N) is 1. The van der Waals surface area contributed by atoms with E-state index in [-0.39, 0.29) is 11.8 Å². The molecule has 1 aromatic heterocycles. The molecule has 7 heteroatoms. The summed E-state index contributed by atoms with van der Waals surface area (Å²) in [6.45, 7) is 0.00590. The highest BCUT2D eigenvalue weighted by Crippen LogP contribution is 2.19. The van der Waals surface area contributed by atoms with Crippen LogP contribution in [0.3, 0.4) is 0 Å². The van der Waals surface area contributed by atoms with Crippen molar-refractivity contribution in [3.8, 4) is 0 Å². The predicted molar refractivity (Wildman–Crippen MR) is 52.4 cm³/mol. The van der Waals surface area contributed by atoms with Gasteiger partial charge in [-0.1, -0.05) is 0 Å². The van der Waals surface area contributed by atoms with Crippen LogP contribution in [0.2, 0.25) is 5.28 Å². The Hall–Kier alpha value is -0.880. The molecule has 1 amide bonds. The van der Waals surface area contributed by atoms with E-state index in [2.05, 4.69) is 31.2 Å². The van der Waals surface area contributed by atoms with Gasteiger partial charge in [0.25, 0.3) is 0 Å². The molecular weight excluding hydrogens is 259 g/mol. The van der Waals surface area contributed by atoms with Crippen LogP contribution < -0.4 is 11.1 Å². The molecule has 0 bridgehead atoms. The Balaban J connectivity index is 2.75. The van der Waals surface area contributed by atoms with Gasteiger partial charge < -0.3 is 11.1 Å². The molecule has 0 atom stereocenters. The van der Waals surface area contributed by atoms with E-state index in [1.54, 1.807) is 0 Å². The third-order valence-electron chi connectivity index (χ3n) is 1.14. The lowest BCUT2D eigenvalue weighted by Crippen LogP contribution is -2.22. The minimum atomic E-state index is -0.471. The highest BCUT2D eigenvalue weighted by molar-refractivity contribution is 9.10. The third kappa shape index (κ3) is 3.16. The van der Waals surface area contributed by atoms with E-state index in [0.29, 0.717) is 10.3 Å². The second kappa shape index (κ2) is 4.38. The van der Waals surface area contributed by atoms with Gasteiger partial charge >= 0.3 is 0 Å². The van der Waals surface area contributed by atoms with Crippen molar-refractivity contribution in [2.24, 2.45) is 5.73 Å². The molecule has 5 nitrogen and oxygen atoms in total. The van der Waals surface area contributed by atoms with Crippen LogP contribution in [0.25, 0.3) is 0 Å². The number of hydrogen-bond acceptors (Lipinski definition) is 4. The minimum absolute atomic E-state index is 0.00590. The monoisotopic (exact) mass is 264 g/mol. The SMILES string of the molecule is NC(=O)CNc1nc(Cl)ncc1Br. The fraction of sp³-hybridized carbons (Fsp3) is 0.167. The largest absolute Gasteiger partial charge is 0.368 e. The van der Waals surface area contributed by atoms with Gasteiger partial charge in [0.1, 0.15) is 5.82 Å². The summed E-state index contributed by atoms with van der Waals surface area (Å²) in [6.07, 6.45) is 1.48. The van der Waals surface area contributed by atoms with E-state index in [1.165, 1.54) is 6.20 Å². The molecule has 1 aromatic rings. The number of carbonyl (C=O) groups is 1. The van der Waals surface area contributed by atoms with Crippen molar-refractivity contribution in [1.82, 2.24) is 9.97 Å². The first-order chi connectivity index (χ1) is 6.09.